The Morgan fingerprint density at radius 3 is 2.27 bits per heavy atom. The van der Waals surface area contributed by atoms with Gasteiger partial charge in [0.1, 0.15) is 0 Å². The zero-order valence-electron chi connectivity index (χ0n) is 14.9. The summed E-state index contributed by atoms with van der Waals surface area (Å²) < 4.78 is 13.5. The number of hydrogen-bond acceptors (Lipinski definition) is 2. The van der Waals surface area contributed by atoms with Gasteiger partial charge in [0.2, 0.25) is 0 Å². The van der Waals surface area contributed by atoms with Crippen molar-refractivity contribution in [2.45, 2.75) is 90.6 Å². The van der Waals surface area contributed by atoms with Crippen LogP contribution in [0.5, 0.6) is 0 Å². The predicted octanol–water partition coefficient (Wildman–Crippen LogP) is 4.77. The molecule has 22 heavy (non-hydrogen) atoms. The fourth-order valence-corrected chi connectivity index (χ4v) is 7.64. The van der Waals surface area contributed by atoms with Crippen LogP contribution in [0.2, 0.25) is 0 Å². The van der Waals surface area contributed by atoms with E-state index < -0.39 is 0 Å². The van der Waals surface area contributed by atoms with Crippen molar-refractivity contribution in [1.29, 1.82) is 0 Å². The number of ether oxygens (including phenoxy) is 2. The summed E-state index contributed by atoms with van der Waals surface area (Å²) in [6.45, 7) is 12.2. The molecule has 7 unspecified atom stereocenters. The smallest absolute Gasteiger partial charge is 0.169 e. The summed E-state index contributed by atoms with van der Waals surface area (Å²) in [7, 11) is 0. The van der Waals surface area contributed by atoms with Crippen molar-refractivity contribution in [3.8, 4) is 0 Å². The van der Waals surface area contributed by atoms with Crippen LogP contribution in [-0.4, -0.2) is 17.5 Å². The predicted molar refractivity (Wildman–Crippen MR) is 86.3 cm³/mol. The Morgan fingerprint density at radius 2 is 1.59 bits per heavy atom. The molecule has 4 aliphatic carbocycles. The molecule has 2 nitrogen and oxygen atoms in total. The second-order valence-electron chi connectivity index (χ2n) is 10.2. The molecule has 0 radical (unpaired) electrons. The van der Waals surface area contributed by atoms with E-state index in [1.165, 1.54) is 38.5 Å². The summed E-state index contributed by atoms with van der Waals surface area (Å²) in [6, 6.07) is 0. The van der Waals surface area contributed by atoms with Gasteiger partial charge in [-0.2, -0.15) is 0 Å². The van der Waals surface area contributed by atoms with Crippen LogP contribution < -0.4 is 0 Å². The van der Waals surface area contributed by atoms with Crippen molar-refractivity contribution < 1.29 is 9.47 Å². The van der Waals surface area contributed by atoms with Crippen molar-refractivity contribution in [2.75, 3.05) is 0 Å². The fourth-order valence-electron chi connectivity index (χ4n) is 7.64. The highest BCUT2D eigenvalue weighted by molar-refractivity contribution is 5.22. The van der Waals surface area contributed by atoms with Crippen LogP contribution in [0.4, 0.5) is 0 Å². The molecule has 4 saturated carbocycles. The normalized spacial score (nSPS) is 62.0. The minimum Gasteiger partial charge on any atom is -0.344 e. The highest BCUT2D eigenvalue weighted by Gasteiger charge is 2.75. The first kappa shape index (κ1) is 14.3. The summed E-state index contributed by atoms with van der Waals surface area (Å²) in [5.41, 5.74) is 0.874. The Bertz CT molecular complexity index is 524. The molecular weight excluding hydrogens is 272 g/mol. The Kier molecular flexibility index (Phi) is 2.45. The standard InChI is InChI=1S/C20H32O2/c1-12-6-9-14-17(2,3)15-10-20(12,14)11-16-18(15,4)22-19(5,21-16)13-7-8-13/h12-16H,6-11H2,1-5H3. The molecule has 0 aromatic carbocycles. The molecule has 0 aromatic rings. The van der Waals surface area contributed by atoms with E-state index in [4.69, 9.17) is 9.47 Å². The highest BCUT2D eigenvalue weighted by Crippen LogP contribution is 2.75. The lowest BCUT2D eigenvalue weighted by molar-refractivity contribution is -0.201. The molecule has 5 rings (SSSR count). The van der Waals surface area contributed by atoms with Crippen LogP contribution in [0.3, 0.4) is 0 Å². The minimum atomic E-state index is -0.298. The van der Waals surface area contributed by atoms with Gasteiger partial charge in [-0.25, -0.2) is 0 Å². The van der Waals surface area contributed by atoms with Gasteiger partial charge in [0.25, 0.3) is 0 Å². The molecule has 5 fully saturated rings. The van der Waals surface area contributed by atoms with E-state index in [2.05, 4.69) is 34.6 Å². The summed E-state index contributed by atoms with van der Waals surface area (Å²) in [4.78, 5) is 0. The van der Waals surface area contributed by atoms with Gasteiger partial charge in [-0.3, -0.25) is 0 Å². The molecule has 124 valence electrons. The van der Waals surface area contributed by atoms with E-state index in [0.717, 1.165) is 11.8 Å². The van der Waals surface area contributed by atoms with Gasteiger partial charge < -0.3 is 9.47 Å². The maximum atomic E-state index is 6.81. The monoisotopic (exact) mass is 304 g/mol. The van der Waals surface area contributed by atoms with Crippen LogP contribution in [0.25, 0.3) is 0 Å². The van der Waals surface area contributed by atoms with Gasteiger partial charge in [-0.15, -0.1) is 0 Å². The molecule has 2 bridgehead atoms. The molecular formula is C20H32O2. The van der Waals surface area contributed by atoms with Crippen LogP contribution in [0.1, 0.15) is 73.1 Å². The van der Waals surface area contributed by atoms with Gasteiger partial charge in [0.05, 0.1) is 11.7 Å². The average Bonchev–Trinajstić information content (AvgIpc) is 3.13. The molecule has 1 spiro atoms. The third kappa shape index (κ3) is 1.42. The Labute approximate surface area is 135 Å². The van der Waals surface area contributed by atoms with Gasteiger partial charge in [-0.1, -0.05) is 20.8 Å². The molecule has 2 heteroatoms. The minimum absolute atomic E-state index is 0.0594. The lowest BCUT2D eigenvalue weighted by Crippen LogP contribution is -2.52. The third-order valence-corrected chi connectivity index (χ3v) is 8.96. The summed E-state index contributed by atoms with van der Waals surface area (Å²) in [5, 5.41) is 0. The summed E-state index contributed by atoms with van der Waals surface area (Å²) >= 11 is 0. The summed E-state index contributed by atoms with van der Waals surface area (Å²) in [6.07, 6.45) is 8.37. The molecule has 1 saturated heterocycles. The first-order valence-corrected chi connectivity index (χ1v) is 9.60. The lowest BCUT2D eigenvalue weighted by Gasteiger charge is -2.47. The molecule has 7 atom stereocenters. The molecule has 5 aliphatic rings. The van der Waals surface area contributed by atoms with Crippen molar-refractivity contribution in [3.05, 3.63) is 0 Å². The van der Waals surface area contributed by atoms with E-state index in [-0.39, 0.29) is 11.4 Å². The van der Waals surface area contributed by atoms with Crippen molar-refractivity contribution in [2.24, 2.45) is 34.5 Å². The quantitative estimate of drug-likeness (QED) is 0.695. The second kappa shape index (κ2) is 3.77. The Balaban J connectivity index is 1.59. The summed E-state index contributed by atoms with van der Waals surface area (Å²) in [5.74, 6) is 2.75. The Morgan fingerprint density at radius 1 is 0.864 bits per heavy atom. The zero-order valence-corrected chi connectivity index (χ0v) is 14.9. The fraction of sp³-hybridized carbons (Fsp3) is 1.00. The number of fused-ring (bicyclic) bond motifs is 3. The molecule has 0 amide bonds. The first-order valence-electron chi connectivity index (χ1n) is 9.60. The molecule has 1 heterocycles. The third-order valence-electron chi connectivity index (χ3n) is 8.96. The van der Waals surface area contributed by atoms with Crippen LogP contribution in [-0.2, 0) is 9.47 Å². The van der Waals surface area contributed by atoms with Gasteiger partial charge in [0, 0.05) is 5.92 Å². The average molecular weight is 304 g/mol. The SMILES string of the molecule is CC1CCC2C(C)(C)C3CC12CC1OC(C)(C2CC2)OC13C. The molecule has 0 N–H and O–H groups in total. The van der Waals surface area contributed by atoms with Crippen molar-refractivity contribution in [1.82, 2.24) is 0 Å². The van der Waals surface area contributed by atoms with Crippen LogP contribution >= 0.6 is 0 Å². The topological polar surface area (TPSA) is 18.5 Å². The van der Waals surface area contributed by atoms with Crippen LogP contribution in [0.15, 0.2) is 0 Å². The lowest BCUT2D eigenvalue weighted by atomic mass is 9.63. The largest absolute Gasteiger partial charge is 0.344 e. The van der Waals surface area contributed by atoms with E-state index in [0.29, 0.717) is 28.8 Å². The molecule has 0 aromatic heterocycles. The van der Waals surface area contributed by atoms with E-state index in [9.17, 15) is 0 Å². The maximum Gasteiger partial charge on any atom is 0.169 e. The van der Waals surface area contributed by atoms with E-state index in [1.807, 2.05) is 0 Å². The highest BCUT2D eigenvalue weighted by atomic mass is 16.8. The first-order chi connectivity index (χ1) is 10.2. The number of rotatable bonds is 1. The molecule has 1 aliphatic heterocycles. The van der Waals surface area contributed by atoms with Crippen LogP contribution in [0, 0.1) is 34.5 Å². The van der Waals surface area contributed by atoms with Gasteiger partial charge in [0.15, 0.2) is 5.79 Å². The zero-order chi connectivity index (χ0) is 15.5. The maximum absolute atomic E-state index is 6.81. The van der Waals surface area contributed by atoms with Crippen molar-refractivity contribution >= 4 is 0 Å². The van der Waals surface area contributed by atoms with E-state index >= 15 is 0 Å². The van der Waals surface area contributed by atoms with Crippen molar-refractivity contribution in [3.63, 3.8) is 0 Å². The Hall–Kier alpha value is -0.0800. The van der Waals surface area contributed by atoms with Gasteiger partial charge >= 0.3 is 0 Å². The number of hydrogen-bond donors (Lipinski definition) is 0. The van der Waals surface area contributed by atoms with Gasteiger partial charge in [-0.05, 0) is 81.0 Å². The van der Waals surface area contributed by atoms with E-state index in [1.54, 1.807) is 0 Å². The second-order valence-corrected chi connectivity index (χ2v) is 10.2.